The van der Waals surface area contributed by atoms with Gasteiger partial charge in [-0.2, -0.15) is 4.98 Å². The Hall–Kier alpha value is -3.28. The van der Waals surface area contributed by atoms with Gasteiger partial charge in [0.15, 0.2) is 0 Å². The molecule has 0 spiro atoms. The third-order valence-corrected chi connectivity index (χ3v) is 3.63. The van der Waals surface area contributed by atoms with Crippen molar-refractivity contribution in [2.24, 2.45) is 0 Å². The Morgan fingerprint density at radius 3 is 2.12 bits per heavy atom. The van der Waals surface area contributed by atoms with Gasteiger partial charge in [0.25, 0.3) is 0 Å². The molecule has 0 aliphatic carbocycles. The van der Waals surface area contributed by atoms with E-state index in [1.165, 1.54) is 0 Å². The van der Waals surface area contributed by atoms with E-state index in [1.807, 2.05) is 54.6 Å². The zero-order valence-electron chi connectivity index (χ0n) is 14.2. The van der Waals surface area contributed by atoms with Crippen molar-refractivity contribution in [1.29, 1.82) is 0 Å². The number of nitrogens with one attached hydrogen (secondary N) is 2. The fourth-order valence-electron chi connectivity index (χ4n) is 2.26. The summed E-state index contributed by atoms with van der Waals surface area (Å²) in [6.45, 7) is 0.670. The third-order valence-electron chi connectivity index (χ3n) is 3.63. The van der Waals surface area contributed by atoms with Crippen LogP contribution < -0.4 is 20.1 Å². The second-order valence-electron chi connectivity index (χ2n) is 5.32. The molecule has 1 aromatic heterocycles. The summed E-state index contributed by atoms with van der Waals surface area (Å²) >= 11 is 0. The zero-order chi connectivity index (χ0) is 17.5. The number of anilines is 3. The molecule has 0 saturated heterocycles. The molecule has 0 radical (unpaired) electrons. The number of rotatable bonds is 7. The van der Waals surface area contributed by atoms with Gasteiger partial charge in [-0.05, 0) is 48.0 Å². The maximum absolute atomic E-state index is 5.16. The lowest BCUT2D eigenvalue weighted by atomic mass is 10.2. The highest BCUT2D eigenvalue weighted by Crippen LogP contribution is 2.18. The Morgan fingerprint density at radius 2 is 1.48 bits per heavy atom. The van der Waals surface area contributed by atoms with E-state index in [4.69, 9.17) is 9.47 Å². The summed E-state index contributed by atoms with van der Waals surface area (Å²) in [4.78, 5) is 8.72. The van der Waals surface area contributed by atoms with Crippen LogP contribution in [0.4, 0.5) is 17.5 Å². The van der Waals surface area contributed by atoms with Crippen molar-refractivity contribution >= 4 is 17.5 Å². The van der Waals surface area contributed by atoms with Crippen molar-refractivity contribution in [3.05, 3.63) is 66.4 Å². The highest BCUT2D eigenvalue weighted by atomic mass is 16.5. The second-order valence-corrected chi connectivity index (χ2v) is 5.32. The van der Waals surface area contributed by atoms with Crippen molar-refractivity contribution in [1.82, 2.24) is 9.97 Å². The van der Waals surface area contributed by atoms with Crippen molar-refractivity contribution in [3.8, 4) is 11.5 Å². The first-order valence-corrected chi connectivity index (χ1v) is 7.88. The average Bonchev–Trinajstić information content (AvgIpc) is 2.68. The molecule has 3 rings (SSSR count). The van der Waals surface area contributed by atoms with Crippen LogP contribution in [0.2, 0.25) is 0 Å². The molecule has 0 unspecified atom stereocenters. The fraction of sp³-hybridized carbons (Fsp3) is 0.158. The average molecular weight is 336 g/mol. The fourth-order valence-corrected chi connectivity index (χ4v) is 2.26. The van der Waals surface area contributed by atoms with Crippen molar-refractivity contribution in [3.63, 3.8) is 0 Å². The van der Waals surface area contributed by atoms with Crippen LogP contribution in [0.15, 0.2) is 60.8 Å². The third kappa shape index (κ3) is 4.60. The van der Waals surface area contributed by atoms with Crippen LogP contribution in [0, 0.1) is 0 Å². The molecule has 0 aliphatic heterocycles. The Morgan fingerprint density at radius 1 is 0.840 bits per heavy atom. The monoisotopic (exact) mass is 336 g/mol. The number of nitrogens with zero attached hydrogens (tertiary/aromatic N) is 2. The van der Waals surface area contributed by atoms with Gasteiger partial charge in [0.2, 0.25) is 5.95 Å². The first-order valence-electron chi connectivity index (χ1n) is 7.88. The van der Waals surface area contributed by atoms with Crippen molar-refractivity contribution in [2.45, 2.75) is 6.54 Å². The molecule has 0 atom stereocenters. The zero-order valence-corrected chi connectivity index (χ0v) is 14.2. The number of aromatic nitrogens is 2. The molecule has 2 N–H and O–H groups in total. The van der Waals surface area contributed by atoms with Gasteiger partial charge >= 0.3 is 0 Å². The summed E-state index contributed by atoms with van der Waals surface area (Å²) < 4.78 is 10.3. The second kappa shape index (κ2) is 8.01. The molecular weight excluding hydrogens is 316 g/mol. The van der Waals surface area contributed by atoms with E-state index >= 15 is 0 Å². The largest absolute Gasteiger partial charge is 0.497 e. The van der Waals surface area contributed by atoms with Crippen molar-refractivity contribution in [2.75, 3.05) is 24.9 Å². The van der Waals surface area contributed by atoms with Crippen molar-refractivity contribution < 1.29 is 9.47 Å². The molecule has 3 aromatic rings. The minimum atomic E-state index is 0.532. The van der Waals surface area contributed by atoms with Gasteiger partial charge in [-0.15, -0.1) is 0 Å². The van der Waals surface area contributed by atoms with E-state index in [2.05, 4.69) is 20.6 Å². The molecule has 1 heterocycles. The van der Waals surface area contributed by atoms with Crippen LogP contribution in [-0.4, -0.2) is 24.2 Å². The topological polar surface area (TPSA) is 68.3 Å². The predicted octanol–water partition coefficient (Wildman–Crippen LogP) is 3.85. The summed E-state index contributed by atoms with van der Waals surface area (Å²) in [7, 11) is 3.30. The van der Waals surface area contributed by atoms with Crippen LogP contribution >= 0.6 is 0 Å². The van der Waals surface area contributed by atoms with E-state index < -0.39 is 0 Å². The van der Waals surface area contributed by atoms with Gasteiger partial charge in [-0.3, -0.25) is 0 Å². The van der Waals surface area contributed by atoms with Gasteiger partial charge < -0.3 is 20.1 Å². The Kier molecular flexibility index (Phi) is 5.31. The molecule has 0 aliphatic rings. The molecule has 0 saturated carbocycles. The van der Waals surface area contributed by atoms with Crippen LogP contribution in [-0.2, 0) is 6.54 Å². The van der Waals surface area contributed by atoms with E-state index in [0.29, 0.717) is 12.5 Å². The molecular formula is C19H20N4O2. The van der Waals surface area contributed by atoms with Gasteiger partial charge in [0, 0.05) is 18.4 Å². The molecule has 0 fully saturated rings. The molecule has 25 heavy (non-hydrogen) atoms. The standard InChI is InChI=1S/C19H20N4O2/c1-24-16-7-3-14(4-8-16)13-21-18-11-12-20-19(23-18)22-15-5-9-17(25-2)10-6-15/h3-12H,13H2,1-2H3,(H2,20,21,22,23). The van der Waals surface area contributed by atoms with Crippen LogP contribution in [0.3, 0.4) is 0 Å². The lowest BCUT2D eigenvalue weighted by Gasteiger charge is -2.09. The number of hydrogen-bond donors (Lipinski definition) is 2. The van der Waals surface area contributed by atoms with Crippen LogP contribution in [0.25, 0.3) is 0 Å². The summed E-state index contributed by atoms with van der Waals surface area (Å²) in [5.74, 6) is 2.94. The summed E-state index contributed by atoms with van der Waals surface area (Å²) in [6.07, 6.45) is 1.72. The smallest absolute Gasteiger partial charge is 0.229 e. The number of methoxy groups -OCH3 is 2. The Balaban J connectivity index is 1.62. The Bertz CT molecular complexity index is 804. The molecule has 2 aromatic carbocycles. The van der Waals surface area contributed by atoms with Gasteiger partial charge in [-0.25, -0.2) is 4.98 Å². The van der Waals surface area contributed by atoms with Gasteiger partial charge in [0.1, 0.15) is 17.3 Å². The van der Waals surface area contributed by atoms with E-state index in [9.17, 15) is 0 Å². The minimum Gasteiger partial charge on any atom is -0.497 e. The lowest BCUT2D eigenvalue weighted by Crippen LogP contribution is -2.04. The SMILES string of the molecule is COc1ccc(CNc2ccnc(Nc3ccc(OC)cc3)n2)cc1. The van der Waals surface area contributed by atoms with E-state index in [0.717, 1.165) is 28.6 Å². The lowest BCUT2D eigenvalue weighted by molar-refractivity contribution is 0.414. The quantitative estimate of drug-likeness (QED) is 0.683. The molecule has 0 bridgehead atoms. The first kappa shape index (κ1) is 16.6. The molecule has 0 amide bonds. The predicted molar refractivity (Wildman–Crippen MR) is 98.6 cm³/mol. The molecule has 6 nitrogen and oxygen atoms in total. The summed E-state index contributed by atoms with van der Waals surface area (Å²) in [5.41, 5.74) is 2.04. The van der Waals surface area contributed by atoms with Crippen LogP contribution in [0.1, 0.15) is 5.56 Å². The number of hydrogen-bond acceptors (Lipinski definition) is 6. The number of ether oxygens (including phenoxy) is 2. The van der Waals surface area contributed by atoms with Crippen LogP contribution in [0.5, 0.6) is 11.5 Å². The van der Waals surface area contributed by atoms with Gasteiger partial charge in [-0.1, -0.05) is 12.1 Å². The van der Waals surface area contributed by atoms with E-state index in [-0.39, 0.29) is 0 Å². The maximum Gasteiger partial charge on any atom is 0.229 e. The number of benzene rings is 2. The summed E-state index contributed by atoms with van der Waals surface area (Å²) in [5, 5.41) is 6.47. The molecule has 128 valence electrons. The molecule has 6 heteroatoms. The first-order chi connectivity index (χ1) is 12.3. The maximum atomic E-state index is 5.16. The van der Waals surface area contributed by atoms with Gasteiger partial charge in [0.05, 0.1) is 14.2 Å². The Labute approximate surface area is 146 Å². The van der Waals surface area contributed by atoms with E-state index in [1.54, 1.807) is 20.4 Å². The summed E-state index contributed by atoms with van der Waals surface area (Å²) in [6, 6.07) is 17.3. The highest BCUT2D eigenvalue weighted by molar-refractivity contribution is 5.55. The normalized spacial score (nSPS) is 10.2. The minimum absolute atomic E-state index is 0.532. The highest BCUT2D eigenvalue weighted by Gasteiger charge is 2.01.